The molecule has 1 aromatic carbocycles. The molecule has 1 amide bonds. The number of piperazine rings is 1. The third-order valence-corrected chi connectivity index (χ3v) is 4.58. The molecule has 3 aromatic rings. The fraction of sp³-hybridized carbons (Fsp3) is 0.333. The molecule has 0 N–H and O–H groups in total. The van der Waals surface area contributed by atoms with Crippen molar-refractivity contribution in [1.82, 2.24) is 29.4 Å². The summed E-state index contributed by atoms with van der Waals surface area (Å²) >= 11 is 0. The van der Waals surface area contributed by atoms with E-state index in [1.54, 1.807) is 10.7 Å². The fourth-order valence-corrected chi connectivity index (χ4v) is 3.00. The van der Waals surface area contributed by atoms with Gasteiger partial charge in [-0.05, 0) is 14.0 Å². The van der Waals surface area contributed by atoms with Crippen LogP contribution in [0.25, 0.3) is 17.2 Å². The topological polar surface area (TPSA) is 66.6 Å². The van der Waals surface area contributed by atoms with Gasteiger partial charge in [-0.25, -0.2) is 9.50 Å². The first-order valence-corrected chi connectivity index (χ1v) is 8.39. The number of carbonyl (C=O) groups is 1. The first kappa shape index (κ1) is 15.7. The number of hydrogen-bond donors (Lipinski definition) is 0. The smallest absolute Gasteiger partial charge is 0.257 e. The normalized spacial score (nSPS) is 15.7. The maximum atomic E-state index is 12.9. The quantitative estimate of drug-likeness (QED) is 0.709. The average molecular weight is 336 g/mol. The number of carbonyl (C=O) groups excluding carboxylic acids is 1. The highest BCUT2D eigenvalue weighted by atomic mass is 16.2. The Labute approximate surface area is 145 Å². The molecule has 0 aliphatic carbocycles. The molecule has 1 aliphatic rings. The van der Waals surface area contributed by atoms with Gasteiger partial charge in [-0.3, -0.25) is 4.79 Å². The van der Waals surface area contributed by atoms with Gasteiger partial charge >= 0.3 is 0 Å². The minimum Gasteiger partial charge on any atom is -0.336 e. The van der Waals surface area contributed by atoms with E-state index in [2.05, 4.69) is 27.0 Å². The fourth-order valence-electron chi connectivity index (χ4n) is 3.00. The van der Waals surface area contributed by atoms with Crippen molar-refractivity contribution in [2.75, 3.05) is 33.2 Å². The van der Waals surface area contributed by atoms with E-state index in [1.807, 2.05) is 42.2 Å². The second-order valence-corrected chi connectivity index (χ2v) is 6.38. The Kier molecular flexibility index (Phi) is 3.93. The molecule has 1 aliphatic heterocycles. The SMILES string of the molecule is Cc1nc2nc(-c3ccccc3)nn2cc1C(=O)N1CCN(C)CC1. The lowest BCUT2D eigenvalue weighted by Gasteiger charge is -2.32. The lowest BCUT2D eigenvalue weighted by molar-refractivity contribution is 0.0662. The van der Waals surface area contributed by atoms with Crippen LogP contribution in [0.5, 0.6) is 0 Å². The number of amides is 1. The number of aromatic nitrogens is 4. The Morgan fingerprint density at radius 1 is 1.04 bits per heavy atom. The molecule has 7 heteroatoms. The number of hydrogen-bond acceptors (Lipinski definition) is 5. The van der Waals surface area contributed by atoms with Crippen molar-refractivity contribution in [3.8, 4) is 11.4 Å². The van der Waals surface area contributed by atoms with Crippen molar-refractivity contribution in [1.29, 1.82) is 0 Å². The van der Waals surface area contributed by atoms with Crippen molar-refractivity contribution in [2.45, 2.75) is 6.92 Å². The number of rotatable bonds is 2. The van der Waals surface area contributed by atoms with Crippen molar-refractivity contribution in [2.24, 2.45) is 0 Å². The van der Waals surface area contributed by atoms with Gasteiger partial charge in [0.2, 0.25) is 0 Å². The highest BCUT2D eigenvalue weighted by Crippen LogP contribution is 2.17. The van der Waals surface area contributed by atoms with Crippen molar-refractivity contribution >= 4 is 11.7 Å². The van der Waals surface area contributed by atoms with Gasteiger partial charge in [0.15, 0.2) is 5.82 Å². The molecule has 2 aromatic heterocycles. The van der Waals surface area contributed by atoms with Crippen LogP contribution in [0.4, 0.5) is 0 Å². The monoisotopic (exact) mass is 336 g/mol. The third-order valence-electron chi connectivity index (χ3n) is 4.58. The number of aryl methyl sites for hydroxylation is 1. The van der Waals surface area contributed by atoms with E-state index >= 15 is 0 Å². The summed E-state index contributed by atoms with van der Waals surface area (Å²) in [6, 6.07) is 9.76. The molecule has 1 saturated heterocycles. The molecular weight excluding hydrogens is 316 g/mol. The van der Waals surface area contributed by atoms with Crippen LogP contribution < -0.4 is 0 Å². The van der Waals surface area contributed by atoms with Crippen LogP contribution in [0.1, 0.15) is 16.1 Å². The maximum absolute atomic E-state index is 12.9. The molecule has 1 fully saturated rings. The largest absolute Gasteiger partial charge is 0.336 e. The van der Waals surface area contributed by atoms with Crippen LogP contribution >= 0.6 is 0 Å². The van der Waals surface area contributed by atoms with Crippen LogP contribution in [0, 0.1) is 6.92 Å². The van der Waals surface area contributed by atoms with E-state index in [9.17, 15) is 4.79 Å². The Bertz CT molecular complexity index is 912. The zero-order valence-corrected chi connectivity index (χ0v) is 14.4. The molecule has 4 rings (SSSR count). The third kappa shape index (κ3) is 2.98. The zero-order chi connectivity index (χ0) is 17.4. The van der Waals surface area contributed by atoms with Gasteiger partial charge in [-0.15, -0.1) is 5.10 Å². The summed E-state index contributed by atoms with van der Waals surface area (Å²) in [5, 5.41) is 4.49. The van der Waals surface area contributed by atoms with E-state index in [0.717, 1.165) is 31.7 Å². The number of nitrogens with zero attached hydrogens (tertiary/aromatic N) is 6. The predicted octanol–water partition coefficient (Wildman–Crippen LogP) is 1.49. The summed E-state index contributed by atoms with van der Waals surface area (Å²) in [5.74, 6) is 1.12. The zero-order valence-electron chi connectivity index (χ0n) is 14.4. The Morgan fingerprint density at radius 2 is 1.76 bits per heavy atom. The molecule has 25 heavy (non-hydrogen) atoms. The van der Waals surface area contributed by atoms with Gasteiger partial charge in [0.25, 0.3) is 11.7 Å². The summed E-state index contributed by atoms with van der Waals surface area (Å²) in [5.41, 5.74) is 2.20. The summed E-state index contributed by atoms with van der Waals surface area (Å²) < 4.78 is 1.60. The highest BCUT2D eigenvalue weighted by Gasteiger charge is 2.23. The molecule has 0 radical (unpaired) electrons. The van der Waals surface area contributed by atoms with Crippen molar-refractivity contribution in [3.05, 3.63) is 47.8 Å². The molecule has 0 bridgehead atoms. The summed E-state index contributed by atoms with van der Waals surface area (Å²) in [6.07, 6.45) is 1.75. The molecule has 0 saturated carbocycles. The van der Waals surface area contributed by atoms with Gasteiger partial charge in [0.1, 0.15) is 0 Å². The minimum atomic E-state index is 0.0109. The van der Waals surface area contributed by atoms with Crippen LogP contribution in [-0.2, 0) is 0 Å². The van der Waals surface area contributed by atoms with Gasteiger partial charge < -0.3 is 9.80 Å². The average Bonchev–Trinajstić information content (AvgIpc) is 3.04. The number of likely N-dealkylation sites (N-methyl/N-ethyl adjacent to an activating group) is 1. The van der Waals surface area contributed by atoms with Gasteiger partial charge in [0.05, 0.1) is 11.3 Å². The van der Waals surface area contributed by atoms with Gasteiger partial charge in [-0.2, -0.15) is 4.98 Å². The molecular formula is C18H20N6O. The Morgan fingerprint density at radius 3 is 2.48 bits per heavy atom. The summed E-state index contributed by atoms with van der Waals surface area (Å²) in [6.45, 7) is 5.10. The lowest BCUT2D eigenvalue weighted by atomic mass is 10.2. The molecule has 0 unspecified atom stereocenters. The molecule has 0 atom stereocenters. The highest BCUT2D eigenvalue weighted by molar-refractivity contribution is 5.95. The standard InChI is InChI=1S/C18H20N6O/c1-13-15(17(25)23-10-8-22(2)9-11-23)12-24-18(19-13)20-16(21-24)14-6-4-3-5-7-14/h3-7,12H,8-11H2,1-2H3. The predicted molar refractivity (Wildman–Crippen MR) is 94.4 cm³/mol. The molecule has 3 heterocycles. The van der Waals surface area contributed by atoms with Crippen molar-refractivity contribution in [3.63, 3.8) is 0 Å². The summed E-state index contributed by atoms with van der Waals surface area (Å²) in [4.78, 5) is 25.9. The first-order chi connectivity index (χ1) is 12.1. The lowest BCUT2D eigenvalue weighted by Crippen LogP contribution is -2.47. The van der Waals surface area contributed by atoms with E-state index in [1.165, 1.54) is 0 Å². The Balaban J connectivity index is 1.68. The van der Waals surface area contributed by atoms with Crippen LogP contribution in [-0.4, -0.2) is 68.5 Å². The second-order valence-electron chi connectivity index (χ2n) is 6.38. The molecule has 7 nitrogen and oxygen atoms in total. The first-order valence-electron chi connectivity index (χ1n) is 8.39. The van der Waals surface area contributed by atoms with Crippen LogP contribution in [0.15, 0.2) is 36.5 Å². The Hall–Kier alpha value is -2.80. The van der Waals surface area contributed by atoms with Gasteiger partial charge in [0, 0.05) is 37.9 Å². The maximum Gasteiger partial charge on any atom is 0.257 e. The van der Waals surface area contributed by atoms with Crippen LogP contribution in [0.3, 0.4) is 0 Å². The van der Waals surface area contributed by atoms with Crippen molar-refractivity contribution < 1.29 is 4.79 Å². The van der Waals surface area contributed by atoms with E-state index in [0.29, 0.717) is 22.9 Å². The summed E-state index contributed by atoms with van der Waals surface area (Å²) in [7, 11) is 2.07. The molecule has 128 valence electrons. The van der Waals surface area contributed by atoms with Crippen LogP contribution in [0.2, 0.25) is 0 Å². The minimum absolute atomic E-state index is 0.0109. The number of benzene rings is 1. The number of fused-ring (bicyclic) bond motifs is 1. The molecule has 0 spiro atoms. The van der Waals surface area contributed by atoms with E-state index in [-0.39, 0.29) is 5.91 Å². The second kappa shape index (κ2) is 6.25. The van der Waals surface area contributed by atoms with E-state index < -0.39 is 0 Å². The van der Waals surface area contributed by atoms with E-state index in [4.69, 9.17) is 0 Å². The van der Waals surface area contributed by atoms with Gasteiger partial charge in [-0.1, -0.05) is 30.3 Å².